The molecule has 0 fully saturated rings. The molecule has 0 aliphatic heterocycles. The van der Waals surface area contributed by atoms with Crippen LogP contribution < -0.4 is 5.73 Å². The maximum atomic E-state index is 12.1. The fourth-order valence-corrected chi connectivity index (χ4v) is 3.29. The minimum Gasteiger partial charge on any atom is -0.462 e. The SMILES string of the molecule is CCOC(=O)c1sc(N)c(C#N)c1COC(=O)[C@H]1CC=CCC1. The van der Waals surface area contributed by atoms with Crippen molar-refractivity contribution in [3.05, 3.63) is 28.2 Å². The molecular weight excluding hydrogens is 316 g/mol. The number of nitriles is 1. The van der Waals surface area contributed by atoms with Crippen molar-refractivity contribution in [2.45, 2.75) is 32.8 Å². The van der Waals surface area contributed by atoms with Gasteiger partial charge in [0.25, 0.3) is 0 Å². The molecule has 2 rings (SSSR count). The molecule has 6 nitrogen and oxygen atoms in total. The Morgan fingerprint density at radius 3 is 2.83 bits per heavy atom. The Labute approximate surface area is 138 Å². The zero-order valence-corrected chi connectivity index (χ0v) is 13.6. The number of carbonyl (C=O) groups is 2. The van der Waals surface area contributed by atoms with E-state index in [1.807, 2.05) is 18.2 Å². The Morgan fingerprint density at radius 2 is 2.22 bits per heavy atom. The number of rotatable bonds is 5. The second-order valence-electron chi connectivity index (χ2n) is 5.07. The van der Waals surface area contributed by atoms with Crippen LogP contribution >= 0.6 is 11.3 Å². The predicted octanol–water partition coefficient (Wildman–Crippen LogP) is 2.78. The summed E-state index contributed by atoms with van der Waals surface area (Å²) in [5.41, 5.74) is 6.28. The van der Waals surface area contributed by atoms with E-state index < -0.39 is 5.97 Å². The number of nitrogen functional groups attached to an aromatic ring is 1. The smallest absolute Gasteiger partial charge is 0.348 e. The summed E-state index contributed by atoms with van der Waals surface area (Å²) in [7, 11) is 0. The van der Waals surface area contributed by atoms with E-state index >= 15 is 0 Å². The fourth-order valence-electron chi connectivity index (χ4n) is 2.38. The largest absolute Gasteiger partial charge is 0.462 e. The summed E-state index contributed by atoms with van der Waals surface area (Å²) in [6, 6.07) is 1.96. The molecule has 1 aromatic rings. The molecule has 1 aromatic heterocycles. The van der Waals surface area contributed by atoms with Crippen molar-refractivity contribution in [1.82, 2.24) is 0 Å². The Kier molecular flexibility index (Phi) is 5.77. The highest BCUT2D eigenvalue weighted by Gasteiger charge is 2.26. The van der Waals surface area contributed by atoms with Gasteiger partial charge >= 0.3 is 11.9 Å². The molecule has 0 aromatic carbocycles. The number of nitrogens with two attached hydrogens (primary N) is 1. The van der Waals surface area contributed by atoms with Crippen LogP contribution in [0.5, 0.6) is 0 Å². The van der Waals surface area contributed by atoms with E-state index in [0.717, 1.165) is 24.2 Å². The maximum Gasteiger partial charge on any atom is 0.348 e. The summed E-state index contributed by atoms with van der Waals surface area (Å²) in [5, 5.41) is 9.44. The van der Waals surface area contributed by atoms with Gasteiger partial charge in [0, 0.05) is 5.56 Å². The minimum atomic E-state index is -0.558. The van der Waals surface area contributed by atoms with Gasteiger partial charge in [0.05, 0.1) is 18.1 Å². The summed E-state index contributed by atoms with van der Waals surface area (Å²) >= 11 is 0.979. The molecule has 1 aliphatic carbocycles. The summed E-state index contributed by atoms with van der Waals surface area (Å²) in [6.45, 7) is 1.76. The molecule has 0 unspecified atom stereocenters. The molecule has 1 aliphatic rings. The molecule has 1 atom stereocenters. The summed E-state index contributed by atoms with van der Waals surface area (Å²) in [5.74, 6) is -1.05. The predicted molar refractivity (Wildman–Crippen MR) is 85.7 cm³/mol. The maximum absolute atomic E-state index is 12.1. The van der Waals surface area contributed by atoms with Crippen molar-refractivity contribution < 1.29 is 19.1 Å². The Bertz CT molecular complexity index is 672. The standard InChI is InChI=1S/C16H18N2O4S/c1-2-21-16(20)13-12(11(8-17)14(18)23-13)9-22-15(19)10-6-4-3-5-7-10/h3-4,10H,2,5-7,9,18H2,1H3/t10-/m0/s1. The van der Waals surface area contributed by atoms with E-state index in [4.69, 9.17) is 15.2 Å². The van der Waals surface area contributed by atoms with E-state index in [9.17, 15) is 14.9 Å². The Hall–Kier alpha value is -2.33. The first kappa shape index (κ1) is 17.0. The number of thiophene rings is 1. The molecule has 7 heteroatoms. The fraction of sp³-hybridized carbons (Fsp3) is 0.438. The number of esters is 2. The summed E-state index contributed by atoms with van der Waals surface area (Å²) in [6.07, 6.45) is 6.25. The average Bonchev–Trinajstić information content (AvgIpc) is 2.89. The molecular formula is C16H18N2O4S. The summed E-state index contributed by atoms with van der Waals surface area (Å²) < 4.78 is 10.3. The Balaban J connectivity index is 2.14. The quantitative estimate of drug-likeness (QED) is 0.656. The van der Waals surface area contributed by atoms with Crippen LogP contribution in [0.3, 0.4) is 0 Å². The number of ether oxygens (including phenoxy) is 2. The van der Waals surface area contributed by atoms with Crippen molar-refractivity contribution in [1.29, 1.82) is 5.26 Å². The minimum absolute atomic E-state index is 0.149. The van der Waals surface area contributed by atoms with Crippen molar-refractivity contribution >= 4 is 28.3 Å². The number of hydrogen-bond acceptors (Lipinski definition) is 7. The van der Waals surface area contributed by atoms with Gasteiger partial charge in [-0.2, -0.15) is 5.26 Å². The van der Waals surface area contributed by atoms with Gasteiger partial charge in [0.2, 0.25) is 0 Å². The highest BCUT2D eigenvalue weighted by Crippen LogP contribution is 2.32. The van der Waals surface area contributed by atoms with Crippen LogP contribution in [-0.4, -0.2) is 18.5 Å². The monoisotopic (exact) mass is 334 g/mol. The first-order chi connectivity index (χ1) is 11.1. The van der Waals surface area contributed by atoms with Crippen LogP contribution in [0, 0.1) is 17.2 Å². The lowest BCUT2D eigenvalue weighted by Crippen LogP contribution is -2.19. The lowest BCUT2D eigenvalue weighted by Gasteiger charge is -2.16. The zero-order valence-electron chi connectivity index (χ0n) is 12.8. The topological polar surface area (TPSA) is 102 Å². The van der Waals surface area contributed by atoms with E-state index in [1.165, 1.54) is 0 Å². The molecule has 0 saturated heterocycles. The number of hydrogen-bond donors (Lipinski definition) is 1. The third kappa shape index (κ3) is 3.90. The molecule has 0 saturated carbocycles. The van der Waals surface area contributed by atoms with Gasteiger partial charge in [-0.3, -0.25) is 4.79 Å². The summed E-state index contributed by atoms with van der Waals surface area (Å²) in [4.78, 5) is 24.3. The molecule has 1 heterocycles. The van der Waals surface area contributed by atoms with Crippen LogP contribution in [0.25, 0.3) is 0 Å². The van der Waals surface area contributed by atoms with Gasteiger partial charge < -0.3 is 15.2 Å². The number of anilines is 1. The van der Waals surface area contributed by atoms with E-state index in [1.54, 1.807) is 6.92 Å². The Morgan fingerprint density at radius 1 is 1.43 bits per heavy atom. The molecule has 0 amide bonds. The van der Waals surface area contributed by atoms with Crippen LogP contribution in [0.2, 0.25) is 0 Å². The molecule has 0 radical (unpaired) electrons. The lowest BCUT2D eigenvalue weighted by molar-refractivity contribution is -0.150. The normalized spacial score (nSPS) is 16.6. The van der Waals surface area contributed by atoms with Crippen LogP contribution in [0.15, 0.2) is 12.2 Å². The van der Waals surface area contributed by atoms with Crippen molar-refractivity contribution in [3.8, 4) is 6.07 Å². The lowest BCUT2D eigenvalue weighted by atomic mass is 9.95. The van der Waals surface area contributed by atoms with Gasteiger partial charge in [-0.1, -0.05) is 12.2 Å². The highest BCUT2D eigenvalue weighted by atomic mass is 32.1. The van der Waals surface area contributed by atoms with Gasteiger partial charge in [0.1, 0.15) is 22.6 Å². The third-order valence-electron chi connectivity index (χ3n) is 3.57. The van der Waals surface area contributed by atoms with E-state index in [0.29, 0.717) is 12.0 Å². The van der Waals surface area contributed by atoms with Gasteiger partial charge in [0.15, 0.2) is 0 Å². The first-order valence-corrected chi connectivity index (χ1v) is 8.20. The van der Waals surface area contributed by atoms with Gasteiger partial charge in [-0.25, -0.2) is 4.79 Å². The van der Waals surface area contributed by atoms with Gasteiger partial charge in [-0.05, 0) is 26.2 Å². The van der Waals surface area contributed by atoms with Gasteiger partial charge in [-0.15, -0.1) is 11.3 Å². The average molecular weight is 334 g/mol. The van der Waals surface area contributed by atoms with E-state index in [-0.39, 0.29) is 40.5 Å². The number of nitrogens with zero attached hydrogens (tertiary/aromatic N) is 1. The third-order valence-corrected chi connectivity index (χ3v) is 4.61. The number of allylic oxidation sites excluding steroid dienone is 2. The van der Waals surface area contributed by atoms with Crippen molar-refractivity contribution in [3.63, 3.8) is 0 Å². The highest BCUT2D eigenvalue weighted by molar-refractivity contribution is 7.18. The van der Waals surface area contributed by atoms with Crippen LogP contribution in [0.4, 0.5) is 5.00 Å². The molecule has 0 bridgehead atoms. The molecule has 23 heavy (non-hydrogen) atoms. The first-order valence-electron chi connectivity index (χ1n) is 7.38. The number of carbonyl (C=O) groups excluding carboxylic acids is 2. The zero-order chi connectivity index (χ0) is 16.8. The van der Waals surface area contributed by atoms with Crippen molar-refractivity contribution in [2.75, 3.05) is 12.3 Å². The molecule has 122 valence electrons. The van der Waals surface area contributed by atoms with Crippen LogP contribution in [0.1, 0.15) is 47.0 Å². The molecule has 0 spiro atoms. The second-order valence-corrected chi connectivity index (χ2v) is 6.12. The second kappa shape index (κ2) is 7.79. The van der Waals surface area contributed by atoms with E-state index in [2.05, 4.69) is 0 Å². The van der Waals surface area contributed by atoms with Crippen molar-refractivity contribution in [2.24, 2.45) is 5.92 Å². The van der Waals surface area contributed by atoms with Crippen LogP contribution in [-0.2, 0) is 20.9 Å². The molecule has 2 N–H and O–H groups in total.